The molecule has 0 aliphatic carbocycles. The second-order valence-electron chi connectivity index (χ2n) is 3.56. The molecule has 3 N–H and O–H groups in total. The van der Waals surface area contributed by atoms with E-state index in [4.69, 9.17) is 14.9 Å². The summed E-state index contributed by atoms with van der Waals surface area (Å²) in [5.74, 6) is -2.56. The van der Waals surface area contributed by atoms with Crippen molar-refractivity contribution < 1.29 is 39.1 Å². The number of hydrogen-bond acceptors (Lipinski definition) is 6. The predicted molar refractivity (Wildman–Crippen MR) is 46.4 cm³/mol. The van der Waals surface area contributed by atoms with E-state index in [1.165, 1.54) is 0 Å². The first-order chi connectivity index (χ1) is 7.31. The molecule has 0 aromatic rings. The van der Waals surface area contributed by atoms with Crippen molar-refractivity contribution >= 4 is 12.3 Å². The van der Waals surface area contributed by atoms with E-state index in [2.05, 4.69) is 9.47 Å². The Balaban J connectivity index is 2.66. The molecule has 3 atom stereocenters. The number of aliphatic hydroxyl groups is 1. The van der Waals surface area contributed by atoms with Gasteiger partial charge in [-0.3, -0.25) is 4.74 Å². The van der Waals surface area contributed by atoms with Crippen molar-refractivity contribution in [3.63, 3.8) is 0 Å². The van der Waals surface area contributed by atoms with Gasteiger partial charge >= 0.3 is 18.3 Å². The molecule has 1 heterocycles. The summed E-state index contributed by atoms with van der Waals surface area (Å²) >= 11 is 0. The molecule has 1 aliphatic heterocycles. The molecule has 1 aliphatic rings. The zero-order valence-electron chi connectivity index (χ0n) is 8.45. The standard InChI is InChI=1S/C8H12O8/c1-4-2-5(14-6(9)10)15-8(13,3-4)16-7(11)12/h4-5,13H,2-3H2,1H3,(H,9,10)(H,11,12). The normalized spacial score (nSPS) is 34.1. The molecule has 16 heavy (non-hydrogen) atoms. The van der Waals surface area contributed by atoms with Crippen LogP contribution in [0.25, 0.3) is 0 Å². The minimum absolute atomic E-state index is 0.0845. The van der Waals surface area contributed by atoms with Gasteiger partial charge in [-0.1, -0.05) is 6.92 Å². The minimum Gasteiger partial charge on any atom is -0.450 e. The van der Waals surface area contributed by atoms with Gasteiger partial charge in [-0.05, 0) is 5.92 Å². The van der Waals surface area contributed by atoms with Crippen molar-refractivity contribution in [3.05, 3.63) is 0 Å². The fourth-order valence-electron chi connectivity index (χ4n) is 1.54. The number of ether oxygens (including phenoxy) is 3. The Morgan fingerprint density at radius 1 is 1.38 bits per heavy atom. The van der Waals surface area contributed by atoms with Crippen LogP contribution in [-0.2, 0) is 14.2 Å². The van der Waals surface area contributed by atoms with Gasteiger partial charge in [0.2, 0.25) is 6.29 Å². The molecule has 8 nitrogen and oxygen atoms in total. The molecule has 0 amide bonds. The average molecular weight is 236 g/mol. The molecule has 0 saturated carbocycles. The molecule has 0 aromatic carbocycles. The van der Waals surface area contributed by atoms with Crippen LogP contribution in [0.5, 0.6) is 0 Å². The van der Waals surface area contributed by atoms with Crippen molar-refractivity contribution in [2.24, 2.45) is 5.92 Å². The summed E-state index contributed by atoms with van der Waals surface area (Å²) < 4.78 is 13.2. The molecule has 92 valence electrons. The first kappa shape index (κ1) is 12.5. The molecule has 0 aromatic heterocycles. The predicted octanol–water partition coefficient (Wildman–Crippen LogP) is 0.794. The van der Waals surface area contributed by atoms with E-state index in [9.17, 15) is 14.7 Å². The molecule has 3 unspecified atom stereocenters. The maximum atomic E-state index is 10.3. The van der Waals surface area contributed by atoms with Gasteiger partial charge in [0.1, 0.15) is 0 Å². The van der Waals surface area contributed by atoms with Crippen LogP contribution in [0.15, 0.2) is 0 Å². The second kappa shape index (κ2) is 4.54. The topological polar surface area (TPSA) is 123 Å². The van der Waals surface area contributed by atoms with Gasteiger partial charge < -0.3 is 24.8 Å². The van der Waals surface area contributed by atoms with Gasteiger partial charge in [0.25, 0.3) is 0 Å². The molecular formula is C8H12O8. The summed E-state index contributed by atoms with van der Waals surface area (Å²) in [5, 5.41) is 26.3. The van der Waals surface area contributed by atoms with E-state index in [0.29, 0.717) is 0 Å². The number of carbonyl (C=O) groups is 2. The van der Waals surface area contributed by atoms with Gasteiger partial charge in [-0.25, -0.2) is 9.59 Å². The highest BCUT2D eigenvalue weighted by Gasteiger charge is 2.44. The van der Waals surface area contributed by atoms with Gasteiger partial charge in [0.15, 0.2) is 0 Å². The van der Waals surface area contributed by atoms with Crippen LogP contribution in [0.1, 0.15) is 19.8 Å². The third-order valence-electron chi connectivity index (χ3n) is 2.00. The Hall–Kier alpha value is -1.54. The monoisotopic (exact) mass is 236 g/mol. The van der Waals surface area contributed by atoms with Gasteiger partial charge in [0.05, 0.1) is 0 Å². The summed E-state index contributed by atoms with van der Waals surface area (Å²) in [7, 11) is 0. The van der Waals surface area contributed by atoms with Crippen molar-refractivity contribution in [1.82, 2.24) is 0 Å². The Labute approximate surface area is 90.3 Å². The molecule has 1 rings (SSSR count). The maximum absolute atomic E-state index is 10.3. The Bertz CT molecular complexity index is 290. The van der Waals surface area contributed by atoms with E-state index in [1.807, 2.05) is 0 Å². The summed E-state index contributed by atoms with van der Waals surface area (Å²) in [6, 6.07) is 0. The number of carboxylic acid groups (broad SMARTS) is 2. The summed E-state index contributed by atoms with van der Waals surface area (Å²) in [4.78, 5) is 20.6. The molecule has 0 spiro atoms. The highest BCUT2D eigenvalue weighted by molar-refractivity contribution is 5.57. The van der Waals surface area contributed by atoms with Crippen LogP contribution in [0, 0.1) is 5.92 Å². The van der Waals surface area contributed by atoms with Crippen molar-refractivity contribution in [3.8, 4) is 0 Å². The van der Waals surface area contributed by atoms with Gasteiger partial charge in [-0.15, -0.1) is 0 Å². The van der Waals surface area contributed by atoms with Crippen LogP contribution >= 0.6 is 0 Å². The third kappa shape index (κ3) is 3.55. The fraction of sp³-hybridized carbons (Fsp3) is 0.750. The SMILES string of the molecule is CC1CC(OC(=O)O)OC(O)(OC(=O)O)C1. The van der Waals surface area contributed by atoms with E-state index in [0.717, 1.165) is 0 Å². The van der Waals surface area contributed by atoms with Crippen molar-refractivity contribution in [1.29, 1.82) is 0 Å². The first-order valence-electron chi connectivity index (χ1n) is 4.52. The van der Waals surface area contributed by atoms with Crippen molar-refractivity contribution in [2.75, 3.05) is 0 Å². The highest BCUT2D eigenvalue weighted by Crippen LogP contribution is 2.32. The van der Waals surface area contributed by atoms with Gasteiger partial charge in [0, 0.05) is 12.8 Å². The Kier molecular flexibility index (Phi) is 3.55. The van der Waals surface area contributed by atoms with E-state index in [1.54, 1.807) is 6.92 Å². The first-order valence-corrected chi connectivity index (χ1v) is 4.52. The van der Waals surface area contributed by atoms with Crippen LogP contribution in [0.4, 0.5) is 9.59 Å². The number of rotatable bonds is 2. The minimum atomic E-state index is -2.36. The molecule has 1 saturated heterocycles. The molecule has 1 fully saturated rings. The van der Waals surface area contributed by atoms with E-state index in [-0.39, 0.29) is 18.8 Å². The lowest BCUT2D eigenvalue weighted by atomic mass is 9.99. The lowest BCUT2D eigenvalue weighted by Gasteiger charge is -2.36. The Morgan fingerprint density at radius 2 is 2.00 bits per heavy atom. The fourth-order valence-corrected chi connectivity index (χ4v) is 1.54. The average Bonchev–Trinajstić information content (AvgIpc) is 1.95. The second-order valence-corrected chi connectivity index (χ2v) is 3.56. The molecule has 0 radical (unpaired) electrons. The smallest absolute Gasteiger partial charge is 0.450 e. The number of hydrogen-bond donors (Lipinski definition) is 3. The zero-order valence-corrected chi connectivity index (χ0v) is 8.45. The lowest BCUT2D eigenvalue weighted by molar-refractivity contribution is -0.403. The van der Waals surface area contributed by atoms with Crippen LogP contribution in [-0.4, -0.2) is 39.9 Å². The summed E-state index contributed by atoms with van der Waals surface area (Å²) in [6.45, 7) is 1.68. The largest absolute Gasteiger partial charge is 0.510 e. The van der Waals surface area contributed by atoms with Gasteiger partial charge in [-0.2, -0.15) is 0 Å². The molecule has 0 bridgehead atoms. The summed E-state index contributed by atoms with van der Waals surface area (Å²) in [5.41, 5.74) is 0. The lowest BCUT2D eigenvalue weighted by Crippen LogP contribution is -2.47. The van der Waals surface area contributed by atoms with Crippen LogP contribution in [0.3, 0.4) is 0 Å². The zero-order chi connectivity index (χ0) is 12.3. The Morgan fingerprint density at radius 3 is 2.50 bits per heavy atom. The van der Waals surface area contributed by atoms with E-state index < -0.39 is 24.6 Å². The van der Waals surface area contributed by atoms with E-state index >= 15 is 0 Å². The molecule has 8 heteroatoms. The quantitative estimate of drug-likeness (QED) is 0.475. The summed E-state index contributed by atoms with van der Waals surface area (Å²) in [6.07, 6.45) is -4.40. The maximum Gasteiger partial charge on any atom is 0.510 e. The van der Waals surface area contributed by atoms with Crippen molar-refractivity contribution in [2.45, 2.75) is 32.0 Å². The highest BCUT2D eigenvalue weighted by atomic mass is 16.9. The van der Waals surface area contributed by atoms with Crippen LogP contribution in [0.2, 0.25) is 0 Å². The molecular weight excluding hydrogens is 224 g/mol. The van der Waals surface area contributed by atoms with Crippen LogP contribution < -0.4 is 0 Å². The third-order valence-corrected chi connectivity index (χ3v) is 2.00.